The molecule has 2 unspecified atom stereocenters. The third-order valence-electron chi connectivity index (χ3n) is 2.82. The van der Waals surface area contributed by atoms with Gasteiger partial charge in [-0.1, -0.05) is 17.3 Å². The van der Waals surface area contributed by atoms with Crippen molar-refractivity contribution in [3.8, 4) is 0 Å². The van der Waals surface area contributed by atoms with Crippen LogP contribution in [-0.2, 0) is 15.9 Å². The predicted molar refractivity (Wildman–Crippen MR) is 65.2 cm³/mol. The fourth-order valence-electron chi connectivity index (χ4n) is 1.84. The summed E-state index contributed by atoms with van der Waals surface area (Å²) in [6.07, 6.45) is 5.49. The van der Waals surface area contributed by atoms with E-state index in [1.165, 1.54) is 0 Å². The molecule has 1 aromatic rings. The Bertz CT molecular complexity index is 392. The lowest BCUT2D eigenvalue weighted by molar-refractivity contribution is 0.0714. The number of methoxy groups -OCH3 is 1. The van der Waals surface area contributed by atoms with E-state index in [0.29, 0.717) is 38.0 Å². The van der Waals surface area contributed by atoms with Gasteiger partial charge in [-0.15, -0.1) is 0 Å². The van der Waals surface area contributed by atoms with Crippen LogP contribution in [0.15, 0.2) is 16.7 Å². The SMILES string of the molecule is COCCOCCc1noc(C2C=CC(N)C2)n1. The van der Waals surface area contributed by atoms with E-state index in [-0.39, 0.29) is 12.0 Å². The molecule has 2 N–H and O–H groups in total. The Kier molecular flexibility index (Phi) is 4.86. The van der Waals surface area contributed by atoms with Gasteiger partial charge < -0.3 is 19.7 Å². The largest absolute Gasteiger partial charge is 0.382 e. The third-order valence-corrected chi connectivity index (χ3v) is 2.82. The zero-order valence-corrected chi connectivity index (χ0v) is 10.5. The number of nitrogens with two attached hydrogens (primary N) is 1. The van der Waals surface area contributed by atoms with Crippen molar-refractivity contribution in [2.75, 3.05) is 26.9 Å². The van der Waals surface area contributed by atoms with Crippen LogP contribution < -0.4 is 5.73 Å². The monoisotopic (exact) mass is 253 g/mol. The summed E-state index contributed by atoms with van der Waals surface area (Å²) in [6, 6.07) is 0.0997. The molecule has 0 bridgehead atoms. The molecule has 1 aliphatic carbocycles. The van der Waals surface area contributed by atoms with Crippen LogP contribution in [0.4, 0.5) is 0 Å². The predicted octanol–water partition coefficient (Wildman–Crippen LogP) is 0.646. The molecule has 0 aromatic carbocycles. The molecule has 2 rings (SSSR count). The standard InChI is InChI=1S/C12H19N3O3/c1-16-6-7-17-5-4-11-14-12(18-15-11)9-2-3-10(13)8-9/h2-3,9-10H,4-8,13H2,1H3. The number of nitrogens with zero attached hydrogens (tertiary/aromatic N) is 2. The van der Waals surface area contributed by atoms with Crippen molar-refractivity contribution < 1.29 is 14.0 Å². The molecule has 0 saturated carbocycles. The lowest BCUT2D eigenvalue weighted by Gasteiger charge is -2.02. The van der Waals surface area contributed by atoms with E-state index in [2.05, 4.69) is 10.1 Å². The van der Waals surface area contributed by atoms with E-state index in [9.17, 15) is 0 Å². The summed E-state index contributed by atoms with van der Waals surface area (Å²) >= 11 is 0. The van der Waals surface area contributed by atoms with Gasteiger partial charge in [-0.25, -0.2) is 0 Å². The molecule has 0 radical (unpaired) electrons. The van der Waals surface area contributed by atoms with Crippen molar-refractivity contribution in [1.29, 1.82) is 0 Å². The molecular formula is C12H19N3O3. The van der Waals surface area contributed by atoms with Crippen molar-refractivity contribution in [2.24, 2.45) is 5.73 Å². The van der Waals surface area contributed by atoms with Crippen LogP contribution in [0.2, 0.25) is 0 Å². The van der Waals surface area contributed by atoms with Gasteiger partial charge >= 0.3 is 0 Å². The highest BCUT2D eigenvalue weighted by molar-refractivity contribution is 5.15. The van der Waals surface area contributed by atoms with Gasteiger partial charge in [-0.2, -0.15) is 4.98 Å². The maximum atomic E-state index is 5.79. The molecule has 6 nitrogen and oxygen atoms in total. The maximum absolute atomic E-state index is 5.79. The van der Waals surface area contributed by atoms with Crippen molar-refractivity contribution in [2.45, 2.75) is 24.8 Å². The number of ether oxygens (including phenoxy) is 2. The number of rotatable bonds is 7. The van der Waals surface area contributed by atoms with Gasteiger partial charge in [0.15, 0.2) is 5.82 Å². The van der Waals surface area contributed by atoms with E-state index in [0.717, 1.165) is 6.42 Å². The molecule has 1 aliphatic rings. The van der Waals surface area contributed by atoms with Crippen molar-refractivity contribution in [1.82, 2.24) is 10.1 Å². The zero-order valence-electron chi connectivity index (χ0n) is 10.5. The first kappa shape index (κ1) is 13.2. The summed E-state index contributed by atoms with van der Waals surface area (Å²) in [5, 5.41) is 3.93. The van der Waals surface area contributed by atoms with Crippen LogP contribution in [0.1, 0.15) is 24.1 Å². The minimum absolute atomic E-state index is 0.0997. The summed E-state index contributed by atoms with van der Waals surface area (Å²) in [5.74, 6) is 1.48. The van der Waals surface area contributed by atoms with Crippen molar-refractivity contribution in [3.05, 3.63) is 23.9 Å². The summed E-state index contributed by atoms with van der Waals surface area (Å²) in [4.78, 5) is 4.35. The van der Waals surface area contributed by atoms with Crippen molar-refractivity contribution in [3.63, 3.8) is 0 Å². The van der Waals surface area contributed by atoms with Gasteiger partial charge in [0.2, 0.25) is 5.89 Å². The molecule has 2 atom stereocenters. The molecule has 0 saturated heterocycles. The lowest BCUT2D eigenvalue weighted by Crippen LogP contribution is -2.14. The first-order valence-corrected chi connectivity index (χ1v) is 6.12. The Hall–Kier alpha value is -1.24. The van der Waals surface area contributed by atoms with Crippen LogP contribution >= 0.6 is 0 Å². The topological polar surface area (TPSA) is 83.4 Å². The van der Waals surface area contributed by atoms with Crippen LogP contribution in [0.25, 0.3) is 0 Å². The Morgan fingerprint density at radius 2 is 2.28 bits per heavy atom. The molecule has 0 aliphatic heterocycles. The minimum Gasteiger partial charge on any atom is -0.382 e. The molecule has 0 amide bonds. The van der Waals surface area contributed by atoms with Gasteiger partial charge in [-0.3, -0.25) is 0 Å². The average Bonchev–Trinajstić information content (AvgIpc) is 2.97. The molecule has 1 heterocycles. The van der Waals surface area contributed by atoms with Gasteiger partial charge in [0, 0.05) is 19.6 Å². The average molecular weight is 253 g/mol. The first-order chi connectivity index (χ1) is 8.79. The molecule has 0 fully saturated rings. The first-order valence-electron chi connectivity index (χ1n) is 6.12. The second kappa shape index (κ2) is 6.63. The molecule has 18 heavy (non-hydrogen) atoms. The van der Waals surface area contributed by atoms with Gasteiger partial charge in [-0.05, 0) is 6.42 Å². The zero-order chi connectivity index (χ0) is 12.8. The van der Waals surface area contributed by atoms with E-state index in [1.54, 1.807) is 7.11 Å². The summed E-state index contributed by atoms with van der Waals surface area (Å²) in [6.45, 7) is 1.76. The van der Waals surface area contributed by atoms with E-state index < -0.39 is 0 Å². The number of allylic oxidation sites excluding steroid dienone is 1. The Balaban J connectivity index is 1.74. The van der Waals surface area contributed by atoms with E-state index >= 15 is 0 Å². The summed E-state index contributed by atoms with van der Waals surface area (Å²) < 4.78 is 15.5. The van der Waals surface area contributed by atoms with Crippen molar-refractivity contribution >= 4 is 0 Å². The summed E-state index contributed by atoms with van der Waals surface area (Å²) in [7, 11) is 1.65. The number of aromatic nitrogens is 2. The van der Waals surface area contributed by atoms with Gasteiger partial charge in [0.05, 0.1) is 25.7 Å². The van der Waals surface area contributed by atoms with E-state index in [1.807, 2.05) is 12.2 Å². The van der Waals surface area contributed by atoms with Crippen LogP contribution in [-0.4, -0.2) is 43.1 Å². The third kappa shape index (κ3) is 3.63. The molecule has 100 valence electrons. The summed E-state index contributed by atoms with van der Waals surface area (Å²) in [5.41, 5.74) is 5.79. The number of hydrogen-bond donors (Lipinski definition) is 1. The van der Waals surface area contributed by atoms with Gasteiger partial charge in [0.25, 0.3) is 0 Å². The second-order valence-electron chi connectivity index (χ2n) is 4.29. The maximum Gasteiger partial charge on any atom is 0.233 e. The Morgan fingerprint density at radius 1 is 1.39 bits per heavy atom. The highest BCUT2D eigenvalue weighted by Gasteiger charge is 2.22. The van der Waals surface area contributed by atoms with Gasteiger partial charge in [0.1, 0.15) is 0 Å². The Morgan fingerprint density at radius 3 is 3.00 bits per heavy atom. The normalized spacial score (nSPS) is 22.8. The van der Waals surface area contributed by atoms with Crippen LogP contribution in [0.5, 0.6) is 0 Å². The second-order valence-corrected chi connectivity index (χ2v) is 4.29. The Labute approximate surface area is 106 Å². The highest BCUT2D eigenvalue weighted by Crippen LogP contribution is 2.26. The molecule has 6 heteroatoms. The number of hydrogen-bond acceptors (Lipinski definition) is 6. The van der Waals surface area contributed by atoms with Crippen LogP contribution in [0.3, 0.4) is 0 Å². The molecule has 0 spiro atoms. The minimum atomic E-state index is 0.0997. The lowest BCUT2D eigenvalue weighted by atomic mass is 10.1. The molecular weight excluding hydrogens is 234 g/mol. The fraction of sp³-hybridized carbons (Fsp3) is 0.667. The fourth-order valence-corrected chi connectivity index (χ4v) is 1.84. The van der Waals surface area contributed by atoms with E-state index in [4.69, 9.17) is 19.7 Å². The highest BCUT2D eigenvalue weighted by atomic mass is 16.5. The van der Waals surface area contributed by atoms with Crippen LogP contribution in [0, 0.1) is 0 Å². The molecule has 1 aromatic heterocycles. The quantitative estimate of drug-likeness (QED) is 0.567. The smallest absolute Gasteiger partial charge is 0.233 e.